The standard InChI is InChI=1S/C34H36N4O4/c1-23-13-15-24(16-14-23)21-38(30(39)22-37-29-12-8-7-11-28(29)32(40)34(37)42)31(25-9-5-4-6-10-25)33(41)35-26-17-19-27(20-18-26)36(2)3/h4-5,7-8,11-20,25,31H,6,9-10,21-22H2,1-3H3,(H,35,41). The predicted molar refractivity (Wildman–Crippen MR) is 165 cm³/mol. The van der Waals surface area contributed by atoms with Crippen molar-refractivity contribution in [1.82, 2.24) is 4.90 Å². The summed E-state index contributed by atoms with van der Waals surface area (Å²) in [5, 5.41) is 3.05. The summed E-state index contributed by atoms with van der Waals surface area (Å²) in [6.45, 7) is 1.85. The Morgan fingerprint density at radius 2 is 1.67 bits per heavy atom. The molecular formula is C34H36N4O4. The number of fused-ring (bicyclic) bond motifs is 1. The average molecular weight is 565 g/mol. The Kier molecular flexibility index (Phi) is 8.52. The molecule has 0 saturated carbocycles. The maximum absolute atomic E-state index is 14.2. The van der Waals surface area contributed by atoms with Gasteiger partial charge in [0.15, 0.2) is 0 Å². The van der Waals surface area contributed by atoms with Gasteiger partial charge in [-0.2, -0.15) is 0 Å². The third-order valence-corrected chi connectivity index (χ3v) is 7.98. The van der Waals surface area contributed by atoms with E-state index in [1.54, 1.807) is 29.2 Å². The van der Waals surface area contributed by atoms with Crippen LogP contribution in [-0.4, -0.2) is 55.1 Å². The lowest BCUT2D eigenvalue weighted by molar-refractivity contribution is -0.140. The van der Waals surface area contributed by atoms with E-state index in [1.807, 2.05) is 74.4 Å². The van der Waals surface area contributed by atoms with Gasteiger partial charge in [0.2, 0.25) is 11.8 Å². The van der Waals surface area contributed by atoms with E-state index >= 15 is 0 Å². The molecule has 1 heterocycles. The number of amides is 3. The van der Waals surface area contributed by atoms with Crippen LogP contribution in [0.4, 0.5) is 17.1 Å². The van der Waals surface area contributed by atoms with E-state index in [4.69, 9.17) is 0 Å². The van der Waals surface area contributed by atoms with E-state index < -0.39 is 23.6 Å². The second-order valence-corrected chi connectivity index (χ2v) is 11.2. The number of anilines is 3. The fraction of sp³-hybridized carbons (Fsp3) is 0.294. The normalized spacial score (nSPS) is 16.6. The molecule has 0 fully saturated rings. The Hall–Kier alpha value is -4.72. The zero-order valence-electron chi connectivity index (χ0n) is 24.2. The molecule has 2 atom stereocenters. The molecule has 1 N–H and O–H groups in total. The van der Waals surface area contributed by atoms with Gasteiger partial charge in [-0.3, -0.25) is 24.1 Å². The highest BCUT2D eigenvalue weighted by Gasteiger charge is 2.41. The number of nitrogens with zero attached hydrogens (tertiary/aromatic N) is 3. The molecule has 42 heavy (non-hydrogen) atoms. The number of hydrogen-bond donors (Lipinski definition) is 1. The molecule has 1 aliphatic heterocycles. The van der Waals surface area contributed by atoms with Crippen molar-refractivity contribution in [3.8, 4) is 0 Å². The summed E-state index contributed by atoms with van der Waals surface area (Å²) in [5.41, 5.74) is 4.30. The molecule has 2 unspecified atom stereocenters. The highest BCUT2D eigenvalue weighted by Crippen LogP contribution is 2.31. The van der Waals surface area contributed by atoms with Gasteiger partial charge in [0.05, 0.1) is 11.3 Å². The van der Waals surface area contributed by atoms with Crippen LogP contribution in [0.2, 0.25) is 0 Å². The summed E-state index contributed by atoms with van der Waals surface area (Å²) in [5.74, 6) is -2.16. The molecule has 0 radical (unpaired) electrons. The van der Waals surface area contributed by atoms with Gasteiger partial charge in [-0.05, 0) is 74.1 Å². The molecule has 0 aromatic heterocycles. The van der Waals surface area contributed by atoms with Gasteiger partial charge >= 0.3 is 0 Å². The van der Waals surface area contributed by atoms with Crippen LogP contribution >= 0.6 is 0 Å². The molecule has 1 aliphatic carbocycles. The van der Waals surface area contributed by atoms with E-state index in [1.165, 1.54) is 4.90 Å². The second-order valence-electron chi connectivity index (χ2n) is 11.2. The first-order chi connectivity index (χ1) is 20.2. The zero-order chi connectivity index (χ0) is 29.8. The van der Waals surface area contributed by atoms with Gasteiger partial charge in [0.1, 0.15) is 12.6 Å². The smallest absolute Gasteiger partial charge is 0.299 e. The fourth-order valence-electron chi connectivity index (χ4n) is 5.64. The van der Waals surface area contributed by atoms with Crippen LogP contribution in [0.5, 0.6) is 0 Å². The van der Waals surface area contributed by atoms with Crippen molar-refractivity contribution in [2.24, 2.45) is 5.92 Å². The molecule has 5 rings (SSSR count). The van der Waals surface area contributed by atoms with E-state index in [-0.39, 0.29) is 30.5 Å². The number of Topliss-reactive ketones (excluding diaryl/α,β-unsaturated/α-hetero) is 1. The lowest BCUT2D eigenvalue weighted by Crippen LogP contribution is -2.54. The average Bonchev–Trinajstić information content (AvgIpc) is 3.23. The SMILES string of the molecule is Cc1ccc(CN(C(=O)CN2C(=O)C(=O)c3ccccc32)C(C(=O)Nc2ccc(N(C)C)cc2)C2CC=CCC2)cc1. The van der Waals surface area contributed by atoms with E-state index in [2.05, 4.69) is 17.5 Å². The monoisotopic (exact) mass is 564 g/mol. The van der Waals surface area contributed by atoms with Crippen LogP contribution in [0.1, 0.15) is 40.7 Å². The van der Waals surface area contributed by atoms with Crippen molar-refractivity contribution in [2.75, 3.05) is 35.8 Å². The van der Waals surface area contributed by atoms with Crippen molar-refractivity contribution in [1.29, 1.82) is 0 Å². The predicted octanol–water partition coefficient (Wildman–Crippen LogP) is 4.98. The lowest BCUT2D eigenvalue weighted by Gasteiger charge is -2.37. The van der Waals surface area contributed by atoms with Gasteiger partial charge in [0.25, 0.3) is 11.7 Å². The number of allylic oxidation sites excluding steroid dienone is 2. The second kappa shape index (κ2) is 12.4. The van der Waals surface area contributed by atoms with E-state index in [0.29, 0.717) is 17.8 Å². The minimum absolute atomic E-state index is 0.117. The Labute approximate surface area is 246 Å². The third kappa shape index (κ3) is 6.12. The van der Waals surface area contributed by atoms with E-state index in [0.717, 1.165) is 29.7 Å². The van der Waals surface area contributed by atoms with Gasteiger partial charge < -0.3 is 15.1 Å². The highest BCUT2D eigenvalue weighted by atomic mass is 16.2. The van der Waals surface area contributed by atoms with Crippen molar-refractivity contribution >= 4 is 40.6 Å². The molecule has 0 spiro atoms. The summed E-state index contributed by atoms with van der Waals surface area (Å²) in [6.07, 6.45) is 6.37. The molecule has 2 aliphatic rings. The number of aryl methyl sites for hydroxylation is 1. The first-order valence-electron chi connectivity index (χ1n) is 14.3. The Morgan fingerprint density at radius 3 is 2.33 bits per heavy atom. The largest absolute Gasteiger partial charge is 0.378 e. The first-order valence-corrected chi connectivity index (χ1v) is 14.3. The number of rotatable bonds is 9. The molecule has 0 saturated heterocycles. The molecule has 0 bridgehead atoms. The van der Waals surface area contributed by atoms with Crippen LogP contribution in [-0.2, 0) is 20.9 Å². The minimum atomic E-state index is -0.791. The van der Waals surface area contributed by atoms with Gasteiger partial charge in [-0.25, -0.2) is 0 Å². The Morgan fingerprint density at radius 1 is 0.952 bits per heavy atom. The number of benzene rings is 3. The van der Waals surface area contributed by atoms with Crippen molar-refractivity contribution in [3.05, 3.63) is 102 Å². The lowest BCUT2D eigenvalue weighted by atomic mass is 9.85. The number of nitrogens with one attached hydrogen (secondary N) is 1. The number of carbonyl (C=O) groups is 4. The van der Waals surface area contributed by atoms with Crippen molar-refractivity contribution in [2.45, 2.75) is 38.8 Å². The van der Waals surface area contributed by atoms with Crippen LogP contribution in [0.25, 0.3) is 0 Å². The van der Waals surface area contributed by atoms with Crippen LogP contribution in [0.15, 0.2) is 84.9 Å². The summed E-state index contributed by atoms with van der Waals surface area (Å²) in [4.78, 5) is 58.7. The summed E-state index contributed by atoms with van der Waals surface area (Å²) < 4.78 is 0. The number of ketones is 1. The van der Waals surface area contributed by atoms with Crippen LogP contribution in [0.3, 0.4) is 0 Å². The van der Waals surface area contributed by atoms with Crippen molar-refractivity contribution in [3.63, 3.8) is 0 Å². The van der Waals surface area contributed by atoms with Crippen LogP contribution in [0, 0.1) is 12.8 Å². The van der Waals surface area contributed by atoms with Gasteiger partial charge in [-0.15, -0.1) is 0 Å². The van der Waals surface area contributed by atoms with E-state index in [9.17, 15) is 19.2 Å². The maximum Gasteiger partial charge on any atom is 0.299 e. The molecule has 8 heteroatoms. The first kappa shape index (κ1) is 28.8. The summed E-state index contributed by atoms with van der Waals surface area (Å²) in [7, 11) is 3.90. The number of para-hydroxylation sites is 1. The maximum atomic E-state index is 14.2. The van der Waals surface area contributed by atoms with Gasteiger partial charge in [-0.1, -0.05) is 54.1 Å². The topological polar surface area (TPSA) is 90.0 Å². The minimum Gasteiger partial charge on any atom is -0.378 e. The third-order valence-electron chi connectivity index (χ3n) is 7.98. The molecule has 3 aromatic rings. The highest BCUT2D eigenvalue weighted by molar-refractivity contribution is 6.52. The Bertz CT molecular complexity index is 1510. The summed E-state index contributed by atoms with van der Waals surface area (Å²) in [6, 6.07) is 21.3. The molecule has 3 aromatic carbocycles. The molecular weight excluding hydrogens is 528 g/mol. The fourth-order valence-corrected chi connectivity index (χ4v) is 5.64. The van der Waals surface area contributed by atoms with Crippen molar-refractivity contribution < 1.29 is 19.2 Å². The van der Waals surface area contributed by atoms with Crippen LogP contribution < -0.4 is 15.1 Å². The zero-order valence-corrected chi connectivity index (χ0v) is 24.2. The number of carbonyl (C=O) groups excluding carboxylic acids is 4. The Balaban J connectivity index is 1.49. The molecule has 3 amide bonds. The van der Waals surface area contributed by atoms with Gasteiger partial charge in [0, 0.05) is 32.0 Å². The quantitative estimate of drug-likeness (QED) is 0.292. The molecule has 8 nitrogen and oxygen atoms in total. The number of hydrogen-bond acceptors (Lipinski definition) is 5. The molecule has 216 valence electrons. The summed E-state index contributed by atoms with van der Waals surface area (Å²) >= 11 is 0.